The van der Waals surface area contributed by atoms with Crippen LogP contribution in [0.2, 0.25) is 0 Å². The van der Waals surface area contributed by atoms with Crippen LogP contribution in [0.4, 0.5) is 10.5 Å². The van der Waals surface area contributed by atoms with Gasteiger partial charge in [0.1, 0.15) is 5.75 Å². The van der Waals surface area contributed by atoms with Gasteiger partial charge >= 0.3 is 12.0 Å². The molecule has 0 spiro atoms. The van der Waals surface area contributed by atoms with E-state index in [2.05, 4.69) is 26.6 Å². The van der Waals surface area contributed by atoms with E-state index in [0.29, 0.717) is 21.5 Å². The van der Waals surface area contributed by atoms with E-state index in [1.165, 1.54) is 7.11 Å². The van der Waals surface area contributed by atoms with Gasteiger partial charge in [0.05, 0.1) is 19.1 Å². The van der Waals surface area contributed by atoms with Crippen molar-refractivity contribution in [2.24, 2.45) is 0 Å². The van der Waals surface area contributed by atoms with Gasteiger partial charge in [-0.1, -0.05) is 22.0 Å². The number of urea groups is 1. The normalized spacial score (nSPS) is 10.2. The van der Waals surface area contributed by atoms with Crippen LogP contribution in [0.15, 0.2) is 40.9 Å². The van der Waals surface area contributed by atoms with Crippen molar-refractivity contribution in [3.05, 3.63) is 57.6 Å². The fourth-order valence-electron chi connectivity index (χ4n) is 2.61. The molecule has 0 aliphatic heterocycles. The number of Topliss-reactive ketones (excluding diaryl/α,β-unsaturated/α-hetero) is 1. The lowest BCUT2D eigenvalue weighted by molar-refractivity contribution is -0.148. The number of rotatable bonds is 8. The summed E-state index contributed by atoms with van der Waals surface area (Å²) in [7, 11) is 1.45. The molecule has 0 heterocycles. The molecular formula is C22H23BrN2O6. The van der Waals surface area contributed by atoms with Crippen LogP contribution in [0.5, 0.6) is 5.75 Å². The molecule has 2 aromatic carbocycles. The number of methoxy groups -OCH3 is 1. The minimum Gasteiger partial charge on any atom is -0.496 e. The first kappa shape index (κ1) is 24.1. The summed E-state index contributed by atoms with van der Waals surface area (Å²) in [5.41, 5.74) is 2.94. The largest absolute Gasteiger partial charge is 0.496 e. The Hall–Kier alpha value is -3.20. The van der Waals surface area contributed by atoms with E-state index >= 15 is 0 Å². The number of anilines is 1. The Bertz CT molecular complexity index is 1010. The van der Waals surface area contributed by atoms with Gasteiger partial charge < -0.3 is 14.8 Å². The molecule has 0 radical (unpaired) electrons. The number of aryl methyl sites for hydroxylation is 2. The van der Waals surface area contributed by atoms with Crippen molar-refractivity contribution in [3.8, 4) is 5.75 Å². The van der Waals surface area contributed by atoms with Crippen molar-refractivity contribution in [1.29, 1.82) is 0 Å². The number of hydrogen-bond acceptors (Lipinski definition) is 6. The van der Waals surface area contributed by atoms with Crippen molar-refractivity contribution >= 4 is 45.3 Å². The summed E-state index contributed by atoms with van der Waals surface area (Å²) in [6, 6.07) is 9.58. The maximum absolute atomic E-state index is 12.3. The SMILES string of the molecule is COc1ccc(Br)cc1C(=O)CCC(=O)OCC(=O)NC(=O)Nc1ccc(C)c(C)c1. The Kier molecular flexibility index (Phi) is 8.75. The van der Waals surface area contributed by atoms with E-state index < -0.39 is 24.5 Å². The van der Waals surface area contributed by atoms with Crippen LogP contribution in [-0.2, 0) is 14.3 Å². The second-order valence-corrected chi connectivity index (χ2v) is 7.65. The lowest BCUT2D eigenvalue weighted by atomic mass is 10.1. The van der Waals surface area contributed by atoms with Crippen LogP contribution >= 0.6 is 15.9 Å². The molecule has 2 rings (SSSR count). The number of hydrogen-bond donors (Lipinski definition) is 2. The zero-order valence-electron chi connectivity index (χ0n) is 17.4. The number of nitrogens with one attached hydrogen (secondary N) is 2. The number of imide groups is 1. The monoisotopic (exact) mass is 490 g/mol. The Morgan fingerprint density at radius 1 is 0.968 bits per heavy atom. The molecule has 0 bridgehead atoms. The van der Waals surface area contributed by atoms with Crippen molar-refractivity contribution in [2.45, 2.75) is 26.7 Å². The molecule has 0 unspecified atom stereocenters. The molecule has 0 atom stereocenters. The summed E-state index contributed by atoms with van der Waals surface area (Å²) in [4.78, 5) is 47.9. The first-order valence-corrected chi connectivity index (χ1v) is 10.2. The molecule has 0 fully saturated rings. The maximum atomic E-state index is 12.3. The number of carbonyl (C=O) groups excluding carboxylic acids is 4. The molecule has 0 aromatic heterocycles. The Balaban J connectivity index is 1.76. The van der Waals surface area contributed by atoms with Gasteiger partial charge in [-0.2, -0.15) is 0 Å². The van der Waals surface area contributed by atoms with Gasteiger partial charge in [0.15, 0.2) is 12.4 Å². The molecule has 0 aliphatic rings. The van der Waals surface area contributed by atoms with E-state index in [1.54, 1.807) is 30.3 Å². The second kappa shape index (κ2) is 11.3. The van der Waals surface area contributed by atoms with E-state index in [1.807, 2.05) is 19.9 Å². The summed E-state index contributed by atoms with van der Waals surface area (Å²) in [6.07, 6.45) is -0.322. The standard InChI is InChI=1S/C22H23BrN2O6/c1-13-4-6-16(10-14(13)2)24-22(29)25-20(27)12-31-21(28)9-7-18(26)17-11-15(23)5-8-19(17)30-3/h4-6,8,10-11H,7,9,12H2,1-3H3,(H2,24,25,27,29). The van der Waals surface area contributed by atoms with Gasteiger partial charge in [-0.15, -0.1) is 0 Å². The minimum atomic E-state index is -0.783. The molecule has 0 saturated heterocycles. The highest BCUT2D eigenvalue weighted by atomic mass is 79.9. The second-order valence-electron chi connectivity index (χ2n) is 6.73. The summed E-state index contributed by atoms with van der Waals surface area (Å²) >= 11 is 3.29. The van der Waals surface area contributed by atoms with Crippen molar-refractivity contribution < 1.29 is 28.7 Å². The number of esters is 1. The number of ether oxygens (including phenoxy) is 2. The number of benzene rings is 2. The topological polar surface area (TPSA) is 111 Å². The molecule has 164 valence electrons. The van der Waals surface area contributed by atoms with Crippen LogP contribution in [0.25, 0.3) is 0 Å². The Morgan fingerprint density at radius 3 is 2.39 bits per heavy atom. The van der Waals surface area contributed by atoms with Crippen molar-refractivity contribution in [3.63, 3.8) is 0 Å². The molecule has 31 heavy (non-hydrogen) atoms. The smallest absolute Gasteiger partial charge is 0.325 e. The van der Waals surface area contributed by atoms with E-state index in [4.69, 9.17) is 9.47 Å². The third kappa shape index (κ3) is 7.53. The molecule has 0 aliphatic carbocycles. The number of halogens is 1. The summed E-state index contributed by atoms with van der Waals surface area (Å²) in [6.45, 7) is 3.22. The fraction of sp³-hybridized carbons (Fsp3) is 0.273. The maximum Gasteiger partial charge on any atom is 0.325 e. The fourth-order valence-corrected chi connectivity index (χ4v) is 2.97. The van der Waals surface area contributed by atoms with E-state index in [0.717, 1.165) is 11.1 Å². The molecule has 2 aromatic rings. The molecule has 8 nitrogen and oxygen atoms in total. The van der Waals surface area contributed by atoms with Gasteiger partial charge in [-0.3, -0.25) is 19.7 Å². The molecular weight excluding hydrogens is 468 g/mol. The van der Waals surface area contributed by atoms with Crippen LogP contribution in [-0.4, -0.2) is 37.4 Å². The van der Waals surface area contributed by atoms with Crippen LogP contribution in [0.1, 0.15) is 34.3 Å². The lowest BCUT2D eigenvalue weighted by Gasteiger charge is -2.09. The zero-order chi connectivity index (χ0) is 23.0. The molecule has 9 heteroatoms. The van der Waals surface area contributed by atoms with Crippen molar-refractivity contribution in [2.75, 3.05) is 19.0 Å². The molecule has 0 saturated carbocycles. The predicted octanol–water partition coefficient (Wildman–Crippen LogP) is 3.93. The highest BCUT2D eigenvalue weighted by molar-refractivity contribution is 9.10. The minimum absolute atomic E-state index is 0.111. The lowest BCUT2D eigenvalue weighted by Crippen LogP contribution is -2.37. The van der Waals surface area contributed by atoms with Crippen LogP contribution in [0, 0.1) is 13.8 Å². The van der Waals surface area contributed by atoms with Gasteiger partial charge in [0.25, 0.3) is 5.91 Å². The van der Waals surface area contributed by atoms with E-state index in [-0.39, 0.29) is 18.6 Å². The first-order chi connectivity index (χ1) is 14.7. The Labute approximate surface area is 188 Å². The third-order valence-electron chi connectivity index (χ3n) is 4.40. The van der Waals surface area contributed by atoms with Gasteiger partial charge in [-0.05, 0) is 55.3 Å². The predicted molar refractivity (Wildman–Crippen MR) is 118 cm³/mol. The van der Waals surface area contributed by atoms with Crippen molar-refractivity contribution in [1.82, 2.24) is 5.32 Å². The highest BCUT2D eigenvalue weighted by Gasteiger charge is 2.16. The average Bonchev–Trinajstić information content (AvgIpc) is 2.73. The summed E-state index contributed by atoms with van der Waals surface area (Å²) in [5.74, 6) is -1.41. The average molecular weight is 491 g/mol. The quantitative estimate of drug-likeness (QED) is 0.428. The van der Waals surface area contributed by atoms with E-state index in [9.17, 15) is 19.2 Å². The molecule has 2 N–H and O–H groups in total. The summed E-state index contributed by atoms with van der Waals surface area (Å²) < 4.78 is 10.7. The first-order valence-electron chi connectivity index (χ1n) is 9.40. The highest BCUT2D eigenvalue weighted by Crippen LogP contribution is 2.24. The number of carbonyl (C=O) groups is 4. The summed E-state index contributed by atoms with van der Waals surface area (Å²) in [5, 5.41) is 4.61. The zero-order valence-corrected chi connectivity index (χ0v) is 19.0. The van der Waals surface area contributed by atoms with Gasteiger partial charge in [-0.25, -0.2) is 4.79 Å². The van der Waals surface area contributed by atoms with Crippen LogP contribution in [0.3, 0.4) is 0 Å². The Morgan fingerprint density at radius 2 is 1.71 bits per heavy atom. The number of ketones is 1. The molecule has 3 amide bonds. The van der Waals surface area contributed by atoms with Gasteiger partial charge in [0, 0.05) is 16.6 Å². The third-order valence-corrected chi connectivity index (χ3v) is 4.89. The van der Waals surface area contributed by atoms with Crippen LogP contribution < -0.4 is 15.4 Å². The number of amides is 3. The van der Waals surface area contributed by atoms with Gasteiger partial charge in [0.2, 0.25) is 0 Å².